The highest BCUT2D eigenvalue weighted by Crippen LogP contribution is 2.42. The van der Waals surface area contributed by atoms with E-state index in [-0.39, 0.29) is 5.91 Å². The number of aromatic nitrogens is 1. The lowest BCUT2D eigenvalue weighted by atomic mass is 9.85. The molecule has 0 radical (unpaired) electrons. The van der Waals surface area contributed by atoms with E-state index >= 15 is 0 Å². The van der Waals surface area contributed by atoms with Gasteiger partial charge in [0.2, 0.25) is 0 Å². The van der Waals surface area contributed by atoms with Crippen molar-refractivity contribution in [3.63, 3.8) is 0 Å². The number of carbonyl (C=O) groups excluding carboxylic acids is 1. The maximum Gasteiger partial charge on any atom is 0.253 e. The van der Waals surface area contributed by atoms with Crippen LogP contribution in [0.5, 0.6) is 0 Å². The van der Waals surface area contributed by atoms with E-state index in [0.29, 0.717) is 28.2 Å². The Morgan fingerprint density at radius 3 is 2.69 bits per heavy atom. The summed E-state index contributed by atoms with van der Waals surface area (Å²) in [6, 6.07) is 7.67. The molecule has 6 heteroatoms. The zero-order chi connectivity index (χ0) is 18.1. The third-order valence-electron chi connectivity index (χ3n) is 5.17. The number of anilines is 2. The second-order valence-corrected chi connectivity index (χ2v) is 8.51. The second-order valence-electron chi connectivity index (χ2n) is 7.19. The van der Waals surface area contributed by atoms with E-state index in [0.717, 1.165) is 35.1 Å². The first-order chi connectivity index (χ1) is 12.6. The predicted molar refractivity (Wildman–Crippen MR) is 108 cm³/mol. The van der Waals surface area contributed by atoms with E-state index in [2.05, 4.69) is 31.5 Å². The second kappa shape index (κ2) is 7.57. The minimum atomic E-state index is -0.000441. The van der Waals surface area contributed by atoms with Crippen LogP contribution >= 0.6 is 27.5 Å². The van der Waals surface area contributed by atoms with Crippen molar-refractivity contribution in [2.24, 2.45) is 5.92 Å². The molecule has 1 heterocycles. The van der Waals surface area contributed by atoms with Gasteiger partial charge in [-0.2, -0.15) is 0 Å². The molecule has 2 fully saturated rings. The van der Waals surface area contributed by atoms with Crippen LogP contribution in [-0.2, 0) is 0 Å². The molecule has 136 valence electrons. The summed E-state index contributed by atoms with van der Waals surface area (Å²) in [5.41, 5.74) is 2.59. The molecule has 0 aliphatic heterocycles. The average molecular weight is 435 g/mol. The number of pyridine rings is 1. The maximum atomic E-state index is 12.6. The quantitative estimate of drug-likeness (QED) is 0.618. The summed E-state index contributed by atoms with van der Waals surface area (Å²) in [5, 5.41) is 6.97. The van der Waals surface area contributed by atoms with Crippen LogP contribution < -0.4 is 10.6 Å². The lowest BCUT2D eigenvalue weighted by Gasteiger charge is -2.25. The van der Waals surface area contributed by atoms with Crippen molar-refractivity contribution < 1.29 is 4.79 Å². The van der Waals surface area contributed by atoms with E-state index in [9.17, 15) is 4.79 Å². The Morgan fingerprint density at radius 2 is 2.04 bits per heavy atom. The topological polar surface area (TPSA) is 54.0 Å². The molecule has 0 unspecified atom stereocenters. The van der Waals surface area contributed by atoms with Crippen LogP contribution in [0.1, 0.15) is 53.9 Å². The molecule has 2 saturated carbocycles. The van der Waals surface area contributed by atoms with Crippen molar-refractivity contribution in [1.29, 1.82) is 0 Å². The monoisotopic (exact) mass is 433 g/mol. The number of benzene rings is 1. The normalized spacial score (nSPS) is 16.8. The van der Waals surface area contributed by atoms with E-state index in [1.807, 2.05) is 24.3 Å². The first-order valence-electron chi connectivity index (χ1n) is 9.10. The number of hydrogen-bond acceptors (Lipinski definition) is 3. The van der Waals surface area contributed by atoms with Crippen molar-refractivity contribution in [2.45, 2.75) is 38.0 Å². The van der Waals surface area contributed by atoms with Crippen molar-refractivity contribution in [3.05, 3.63) is 51.1 Å². The van der Waals surface area contributed by atoms with Crippen LogP contribution in [0, 0.1) is 5.92 Å². The van der Waals surface area contributed by atoms with Crippen molar-refractivity contribution >= 4 is 44.9 Å². The van der Waals surface area contributed by atoms with Gasteiger partial charge in [-0.15, -0.1) is 0 Å². The van der Waals surface area contributed by atoms with Crippen molar-refractivity contribution in [3.8, 4) is 0 Å². The van der Waals surface area contributed by atoms with E-state index in [1.54, 1.807) is 6.20 Å². The van der Waals surface area contributed by atoms with E-state index in [4.69, 9.17) is 11.6 Å². The van der Waals surface area contributed by atoms with Gasteiger partial charge in [-0.25, -0.2) is 4.98 Å². The standard InChI is InChI=1S/C20H21BrClN3O/c21-14-6-7-18(17(22)8-14)25-19-9-15(13-4-5-13)16(11-23-19)20(26)24-10-12-2-1-3-12/h6-9,11-13H,1-5,10H2,(H,23,25)(H,24,26). The van der Waals surface area contributed by atoms with Gasteiger partial charge < -0.3 is 10.6 Å². The van der Waals surface area contributed by atoms with Gasteiger partial charge in [0.05, 0.1) is 16.3 Å². The summed E-state index contributed by atoms with van der Waals surface area (Å²) in [6.07, 6.45) is 7.69. The molecule has 2 aromatic rings. The Labute approximate surface area is 166 Å². The number of rotatable bonds is 6. The number of nitrogens with zero attached hydrogens (tertiary/aromatic N) is 1. The maximum absolute atomic E-state index is 12.6. The largest absolute Gasteiger partial charge is 0.352 e. The van der Waals surface area contributed by atoms with Gasteiger partial charge in [0.1, 0.15) is 5.82 Å². The Bertz CT molecular complexity index is 834. The SMILES string of the molecule is O=C(NCC1CCC1)c1cnc(Nc2ccc(Br)cc2Cl)cc1C1CC1. The minimum Gasteiger partial charge on any atom is -0.352 e. The number of halogens is 2. The fourth-order valence-corrected chi connectivity index (χ4v) is 3.94. The fraction of sp³-hybridized carbons (Fsp3) is 0.400. The van der Waals surface area contributed by atoms with Gasteiger partial charge in [-0.3, -0.25) is 4.79 Å². The smallest absolute Gasteiger partial charge is 0.253 e. The van der Waals surface area contributed by atoms with Crippen LogP contribution in [0.25, 0.3) is 0 Å². The molecule has 0 atom stereocenters. The molecule has 4 nitrogen and oxygen atoms in total. The lowest BCUT2D eigenvalue weighted by Crippen LogP contribution is -2.32. The summed E-state index contributed by atoms with van der Waals surface area (Å²) in [6.45, 7) is 0.775. The zero-order valence-electron chi connectivity index (χ0n) is 14.4. The molecule has 1 amide bonds. The Morgan fingerprint density at radius 1 is 1.23 bits per heavy atom. The van der Waals surface area contributed by atoms with Gasteiger partial charge in [-0.1, -0.05) is 34.0 Å². The van der Waals surface area contributed by atoms with Crippen LogP contribution in [0.15, 0.2) is 34.9 Å². The summed E-state index contributed by atoms with van der Waals surface area (Å²) >= 11 is 9.69. The fourth-order valence-electron chi connectivity index (χ4n) is 3.22. The number of carbonyl (C=O) groups is 1. The van der Waals surface area contributed by atoms with Gasteiger partial charge in [0.15, 0.2) is 0 Å². The van der Waals surface area contributed by atoms with E-state index < -0.39 is 0 Å². The number of amides is 1. The first-order valence-corrected chi connectivity index (χ1v) is 10.3. The highest BCUT2D eigenvalue weighted by atomic mass is 79.9. The molecule has 4 rings (SSSR count). The molecule has 0 saturated heterocycles. The summed E-state index contributed by atoms with van der Waals surface area (Å²) in [4.78, 5) is 17.1. The minimum absolute atomic E-state index is 0.000441. The summed E-state index contributed by atoms with van der Waals surface area (Å²) < 4.78 is 0.929. The first kappa shape index (κ1) is 17.8. The molecule has 2 aliphatic rings. The van der Waals surface area contributed by atoms with Crippen LogP contribution in [-0.4, -0.2) is 17.4 Å². The molecule has 26 heavy (non-hydrogen) atoms. The average Bonchev–Trinajstić information content (AvgIpc) is 3.41. The molecular weight excluding hydrogens is 414 g/mol. The third kappa shape index (κ3) is 4.04. The summed E-state index contributed by atoms with van der Waals surface area (Å²) in [7, 11) is 0. The van der Waals surface area contributed by atoms with Crippen LogP contribution in [0.2, 0.25) is 5.02 Å². The zero-order valence-corrected chi connectivity index (χ0v) is 16.7. The molecule has 0 spiro atoms. The molecular formula is C20H21BrClN3O. The Hall–Kier alpha value is -1.59. The van der Waals surface area contributed by atoms with E-state index in [1.165, 1.54) is 19.3 Å². The van der Waals surface area contributed by atoms with Gasteiger partial charge in [-0.05, 0) is 67.3 Å². The van der Waals surface area contributed by atoms with Crippen molar-refractivity contribution in [1.82, 2.24) is 10.3 Å². The predicted octanol–water partition coefficient (Wildman–Crippen LogP) is 5.65. The van der Waals surface area contributed by atoms with Gasteiger partial charge >= 0.3 is 0 Å². The van der Waals surface area contributed by atoms with Crippen LogP contribution in [0.3, 0.4) is 0 Å². The highest BCUT2D eigenvalue weighted by molar-refractivity contribution is 9.10. The third-order valence-corrected chi connectivity index (χ3v) is 5.97. The lowest BCUT2D eigenvalue weighted by molar-refractivity contribution is 0.0937. The molecule has 2 N–H and O–H groups in total. The highest BCUT2D eigenvalue weighted by Gasteiger charge is 2.29. The Kier molecular flexibility index (Phi) is 5.18. The number of hydrogen-bond donors (Lipinski definition) is 2. The van der Waals surface area contributed by atoms with Gasteiger partial charge in [0, 0.05) is 17.2 Å². The molecule has 1 aromatic heterocycles. The molecule has 2 aliphatic carbocycles. The summed E-state index contributed by atoms with van der Waals surface area (Å²) in [5.74, 6) is 1.83. The molecule has 0 bridgehead atoms. The molecule has 1 aromatic carbocycles. The number of nitrogens with one attached hydrogen (secondary N) is 2. The Balaban J connectivity index is 1.52. The van der Waals surface area contributed by atoms with Crippen molar-refractivity contribution in [2.75, 3.05) is 11.9 Å². The van der Waals surface area contributed by atoms with Crippen LogP contribution in [0.4, 0.5) is 11.5 Å². The van der Waals surface area contributed by atoms with Gasteiger partial charge in [0.25, 0.3) is 5.91 Å².